The fourth-order valence-corrected chi connectivity index (χ4v) is 3.41. The zero-order valence-electron chi connectivity index (χ0n) is 13.8. The maximum absolute atomic E-state index is 13.9. The van der Waals surface area contributed by atoms with Gasteiger partial charge in [0.1, 0.15) is 11.6 Å². The van der Waals surface area contributed by atoms with Gasteiger partial charge < -0.3 is 9.47 Å². The maximum atomic E-state index is 13.9. The molecule has 1 aliphatic heterocycles. The molecule has 5 heteroatoms. The van der Waals surface area contributed by atoms with Crippen molar-refractivity contribution in [2.24, 2.45) is 0 Å². The van der Waals surface area contributed by atoms with Gasteiger partial charge in [-0.2, -0.15) is 0 Å². The summed E-state index contributed by atoms with van der Waals surface area (Å²) in [7, 11) is 0. The third-order valence-electron chi connectivity index (χ3n) is 4.75. The maximum Gasteiger partial charge on any atom is 0.146 e. The summed E-state index contributed by atoms with van der Waals surface area (Å²) in [6.45, 7) is 6.40. The topological polar surface area (TPSA) is 24.3 Å². The van der Waals surface area contributed by atoms with E-state index >= 15 is 0 Å². The Bertz CT molecular complexity index is 849. The van der Waals surface area contributed by atoms with Gasteiger partial charge in [0, 0.05) is 26.2 Å². The molecule has 3 aromatic rings. The van der Waals surface area contributed by atoms with Gasteiger partial charge in [-0.1, -0.05) is 24.3 Å². The fraction of sp³-hybridized carbons (Fsp3) is 0.316. The van der Waals surface area contributed by atoms with E-state index in [1.807, 2.05) is 18.2 Å². The number of nitrogens with zero attached hydrogens (tertiary/aromatic N) is 4. The highest BCUT2D eigenvalue weighted by Crippen LogP contribution is 2.21. The third kappa shape index (κ3) is 2.76. The van der Waals surface area contributed by atoms with Gasteiger partial charge in [0.2, 0.25) is 0 Å². The second-order valence-electron chi connectivity index (χ2n) is 6.27. The number of para-hydroxylation sites is 3. The molecule has 24 heavy (non-hydrogen) atoms. The highest BCUT2D eigenvalue weighted by atomic mass is 19.1. The lowest BCUT2D eigenvalue weighted by Crippen LogP contribution is -2.47. The molecule has 0 aliphatic carbocycles. The molecule has 0 saturated carbocycles. The lowest BCUT2D eigenvalue weighted by Gasteiger charge is -2.36. The molecule has 2 heterocycles. The highest BCUT2D eigenvalue weighted by molar-refractivity contribution is 5.75. The minimum Gasteiger partial charge on any atom is -0.367 e. The first-order chi connectivity index (χ1) is 11.7. The number of imidazole rings is 1. The third-order valence-corrected chi connectivity index (χ3v) is 4.75. The first-order valence-corrected chi connectivity index (χ1v) is 8.36. The van der Waals surface area contributed by atoms with Gasteiger partial charge in [0.15, 0.2) is 0 Å². The van der Waals surface area contributed by atoms with Gasteiger partial charge in [-0.15, -0.1) is 0 Å². The SMILES string of the molecule is Cc1nc2ccccc2n1CN1CCN(c2ccccc2F)CC1. The Morgan fingerprint density at radius 2 is 1.67 bits per heavy atom. The minimum absolute atomic E-state index is 0.137. The molecule has 1 aromatic heterocycles. The Hall–Kier alpha value is -2.40. The van der Waals surface area contributed by atoms with E-state index in [0.717, 1.165) is 44.2 Å². The molecule has 4 nitrogen and oxygen atoms in total. The Labute approximate surface area is 141 Å². The molecule has 124 valence electrons. The van der Waals surface area contributed by atoms with E-state index in [2.05, 4.69) is 44.5 Å². The van der Waals surface area contributed by atoms with Crippen molar-refractivity contribution in [3.05, 3.63) is 60.2 Å². The van der Waals surface area contributed by atoms with Gasteiger partial charge in [-0.05, 0) is 31.2 Å². The molecular formula is C19H21FN4. The van der Waals surface area contributed by atoms with Crippen LogP contribution in [0.1, 0.15) is 5.82 Å². The van der Waals surface area contributed by atoms with Gasteiger partial charge in [0.25, 0.3) is 0 Å². The zero-order valence-corrected chi connectivity index (χ0v) is 13.8. The van der Waals surface area contributed by atoms with Crippen molar-refractivity contribution in [1.82, 2.24) is 14.5 Å². The Kier molecular flexibility index (Phi) is 3.94. The normalized spacial score (nSPS) is 16.0. The van der Waals surface area contributed by atoms with Crippen LogP contribution in [-0.4, -0.2) is 40.6 Å². The average molecular weight is 324 g/mol. The van der Waals surface area contributed by atoms with Crippen LogP contribution in [0.2, 0.25) is 0 Å². The molecule has 0 atom stereocenters. The molecule has 2 aromatic carbocycles. The molecular weight excluding hydrogens is 303 g/mol. The van der Waals surface area contributed by atoms with Gasteiger partial charge >= 0.3 is 0 Å². The van der Waals surface area contributed by atoms with E-state index in [4.69, 9.17) is 0 Å². The number of piperazine rings is 1. The van der Waals surface area contributed by atoms with Crippen LogP contribution in [0.25, 0.3) is 11.0 Å². The predicted molar refractivity (Wildman–Crippen MR) is 94.7 cm³/mol. The lowest BCUT2D eigenvalue weighted by molar-refractivity contribution is 0.207. The summed E-state index contributed by atoms with van der Waals surface area (Å²) in [5.41, 5.74) is 2.92. The van der Waals surface area contributed by atoms with Crippen molar-refractivity contribution in [2.45, 2.75) is 13.6 Å². The number of rotatable bonds is 3. The standard InChI is InChI=1S/C19H21FN4/c1-15-21-17-7-3-5-9-19(17)24(15)14-22-10-12-23(13-11-22)18-8-4-2-6-16(18)20/h2-9H,10-14H2,1H3. The Morgan fingerprint density at radius 3 is 2.46 bits per heavy atom. The summed E-state index contributed by atoms with van der Waals surface area (Å²) in [5, 5.41) is 0. The number of anilines is 1. The quantitative estimate of drug-likeness (QED) is 0.739. The number of halogens is 1. The molecule has 0 unspecified atom stereocenters. The zero-order chi connectivity index (χ0) is 16.5. The van der Waals surface area contributed by atoms with Gasteiger partial charge in [0.05, 0.1) is 23.4 Å². The van der Waals surface area contributed by atoms with E-state index in [1.165, 1.54) is 11.6 Å². The van der Waals surface area contributed by atoms with Gasteiger partial charge in [-0.3, -0.25) is 4.90 Å². The number of aromatic nitrogens is 2. The molecule has 0 amide bonds. The second-order valence-corrected chi connectivity index (χ2v) is 6.27. The smallest absolute Gasteiger partial charge is 0.146 e. The van der Waals surface area contributed by atoms with Crippen LogP contribution < -0.4 is 4.90 Å². The Balaban J connectivity index is 1.46. The largest absolute Gasteiger partial charge is 0.367 e. The molecule has 0 spiro atoms. The van der Waals surface area contributed by atoms with Crippen molar-refractivity contribution in [3.8, 4) is 0 Å². The summed E-state index contributed by atoms with van der Waals surface area (Å²) in [4.78, 5) is 9.16. The first-order valence-electron chi connectivity index (χ1n) is 8.36. The van der Waals surface area contributed by atoms with E-state index in [1.54, 1.807) is 6.07 Å². The molecule has 1 saturated heterocycles. The van der Waals surface area contributed by atoms with E-state index in [-0.39, 0.29) is 5.82 Å². The molecule has 0 radical (unpaired) electrons. The number of benzene rings is 2. The predicted octanol–water partition coefficient (Wildman–Crippen LogP) is 3.26. The van der Waals surface area contributed by atoms with Crippen LogP contribution in [0.4, 0.5) is 10.1 Å². The van der Waals surface area contributed by atoms with E-state index < -0.39 is 0 Å². The average Bonchev–Trinajstić information content (AvgIpc) is 2.92. The van der Waals surface area contributed by atoms with E-state index in [0.29, 0.717) is 5.69 Å². The van der Waals surface area contributed by atoms with Crippen LogP contribution in [-0.2, 0) is 6.67 Å². The van der Waals surface area contributed by atoms with Crippen LogP contribution in [0, 0.1) is 12.7 Å². The number of fused-ring (bicyclic) bond motifs is 1. The fourth-order valence-electron chi connectivity index (χ4n) is 3.41. The summed E-state index contributed by atoms with van der Waals surface area (Å²) >= 11 is 0. The van der Waals surface area contributed by atoms with Crippen LogP contribution in [0.3, 0.4) is 0 Å². The van der Waals surface area contributed by atoms with Crippen molar-refractivity contribution >= 4 is 16.7 Å². The highest BCUT2D eigenvalue weighted by Gasteiger charge is 2.20. The van der Waals surface area contributed by atoms with Crippen molar-refractivity contribution in [2.75, 3.05) is 31.1 Å². The van der Waals surface area contributed by atoms with Crippen LogP contribution >= 0.6 is 0 Å². The lowest BCUT2D eigenvalue weighted by atomic mass is 10.2. The first kappa shape index (κ1) is 15.1. The summed E-state index contributed by atoms with van der Waals surface area (Å²) in [5.74, 6) is 0.898. The Morgan fingerprint density at radius 1 is 0.958 bits per heavy atom. The van der Waals surface area contributed by atoms with Crippen LogP contribution in [0.5, 0.6) is 0 Å². The number of aryl methyl sites for hydroxylation is 1. The summed E-state index contributed by atoms with van der Waals surface area (Å²) < 4.78 is 16.2. The molecule has 1 fully saturated rings. The van der Waals surface area contributed by atoms with Crippen molar-refractivity contribution < 1.29 is 4.39 Å². The molecule has 0 bridgehead atoms. The summed E-state index contributed by atoms with van der Waals surface area (Å²) in [6.07, 6.45) is 0. The second kappa shape index (κ2) is 6.24. The molecule has 4 rings (SSSR count). The van der Waals surface area contributed by atoms with Crippen molar-refractivity contribution in [3.63, 3.8) is 0 Å². The number of hydrogen-bond acceptors (Lipinski definition) is 3. The summed E-state index contributed by atoms with van der Waals surface area (Å²) in [6, 6.07) is 15.3. The van der Waals surface area contributed by atoms with Crippen molar-refractivity contribution in [1.29, 1.82) is 0 Å². The molecule has 0 N–H and O–H groups in total. The van der Waals surface area contributed by atoms with E-state index in [9.17, 15) is 4.39 Å². The van der Waals surface area contributed by atoms with Crippen LogP contribution in [0.15, 0.2) is 48.5 Å². The molecule has 1 aliphatic rings. The number of hydrogen-bond donors (Lipinski definition) is 0. The monoisotopic (exact) mass is 324 g/mol. The minimum atomic E-state index is -0.137. The van der Waals surface area contributed by atoms with Gasteiger partial charge in [-0.25, -0.2) is 9.37 Å².